The number of imidazole rings is 2. The number of aromatic nitrogens is 4. The van der Waals surface area contributed by atoms with Crippen molar-refractivity contribution in [1.82, 2.24) is 24.4 Å². The van der Waals surface area contributed by atoms with Crippen LogP contribution in [0.5, 0.6) is 0 Å². The summed E-state index contributed by atoms with van der Waals surface area (Å²) in [5, 5.41) is 2.93. The lowest BCUT2D eigenvalue weighted by Crippen LogP contribution is -2.31. The summed E-state index contributed by atoms with van der Waals surface area (Å²) in [5.74, 6) is 1.69. The Hall–Kier alpha value is -2.11. The van der Waals surface area contributed by atoms with Gasteiger partial charge in [0.15, 0.2) is 0 Å². The molecule has 2 aromatic rings. The molecule has 0 aliphatic rings. The normalized spacial score (nSPS) is 12.3. The average molecular weight is 275 g/mol. The first-order valence-electron chi connectivity index (χ1n) is 6.90. The summed E-state index contributed by atoms with van der Waals surface area (Å²) in [6.07, 6.45) is 8.27. The van der Waals surface area contributed by atoms with Crippen LogP contribution in [0.15, 0.2) is 24.8 Å². The summed E-state index contributed by atoms with van der Waals surface area (Å²) >= 11 is 0. The maximum atomic E-state index is 12.2. The lowest BCUT2D eigenvalue weighted by Gasteiger charge is -2.15. The largest absolute Gasteiger partial charge is 0.347 e. The van der Waals surface area contributed by atoms with E-state index in [1.165, 1.54) is 0 Å². The highest BCUT2D eigenvalue weighted by Crippen LogP contribution is 2.09. The molecule has 6 heteroatoms. The first kappa shape index (κ1) is 14.3. The van der Waals surface area contributed by atoms with Crippen molar-refractivity contribution < 1.29 is 4.79 Å². The van der Waals surface area contributed by atoms with Gasteiger partial charge in [-0.15, -0.1) is 0 Å². The molecule has 2 aromatic heterocycles. The Morgan fingerprint density at radius 3 is 2.75 bits per heavy atom. The highest BCUT2D eigenvalue weighted by Gasteiger charge is 2.16. The zero-order valence-electron chi connectivity index (χ0n) is 12.2. The smallest absolute Gasteiger partial charge is 0.243 e. The van der Waals surface area contributed by atoms with E-state index in [2.05, 4.69) is 26.8 Å². The van der Waals surface area contributed by atoms with E-state index >= 15 is 0 Å². The van der Waals surface area contributed by atoms with Crippen molar-refractivity contribution in [3.05, 3.63) is 36.4 Å². The Morgan fingerprint density at radius 1 is 1.35 bits per heavy atom. The molecule has 0 radical (unpaired) electrons. The highest BCUT2D eigenvalue weighted by atomic mass is 16.2. The van der Waals surface area contributed by atoms with Crippen LogP contribution < -0.4 is 5.32 Å². The van der Waals surface area contributed by atoms with Gasteiger partial charge in [-0.2, -0.15) is 0 Å². The SMILES string of the molecule is CCCn1ccnc1CNC(=O)C(C)n1ccnc1C. The number of amides is 1. The van der Waals surface area contributed by atoms with Crippen molar-refractivity contribution in [1.29, 1.82) is 0 Å². The number of carbonyl (C=O) groups excluding carboxylic acids is 1. The van der Waals surface area contributed by atoms with Gasteiger partial charge in [0.05, 0.1) is 6.54 Å². The number of nitrogens with zero attached hydrogens (tertiary/aromatic N) is 4. The van der Waals surface area contributed by atoms with Crippen LogP contribution >= 0.6 is 0 Å². The lowest BCUT2D eigenvalue weighted by molar-refractivity contribution is -0.124. The number of hydrogen-bond acceptors (Lipinski definition) is 3. The highest BCUT2D eigenvalue weighted by molar-refractivity contribution is 5.79. The van der Waals surface area contributed by atoms with E-state index < -0.39 is 0 Å². The number of aryl methyl sites for hydroxylation is 2. The van der Waals surface area contributed by atoms with Crippen LogP contribution in [0.1, 0.15) is 38.0 Å². The number of nitrogens with one attached hydrogen (secondary N) is 1. The molecule has 6 nitrogen and oxygen atoms in total. The van der Waals surface area contributed by atoms with Crippen LogP contribution in [0.4, 0.5) is 0 Å². The van der Waals surface area contributed by atoms with E-state index in [1.807, 2.05) is 30.8 Å². The van der Waals surface area contributed by atoms with Crippen LogP contribution in [-0.2, 0) is 17.9 Å². The zero-order valence-corrected chi connectivity index (χ0v) is 12.2. The average Bonchev–Trinajstić information content (AvgIpc) is 3.05. The second-order valence-electron chi connectivity index (χ2n) is 4.81. The van der Waals surface area contributed by atoms with Gasteiger partial charge in [-0.25, -0.2) is 9.97 Å². The van der Waals surface area contributed by atoms with Gasteiger partial charge in [-0.1, -0.05) is 6.92 Å². The number of hydrogen-bond donors (Lipinski definition) is 1. The molecule has 108 valence electrons. The fourth-order valence-electron chi connectivity index (χ4n) is 2.19. The molecule has 0 aliphatic carbocycles. The van der Waals surface area contributed by atoms with Crippen LogP contribution in [0.25, 0.3) is 0 Å². The van der Waals surface area contributed by atoms with Gasteiger partial charge in [0.1, 0.15) is 17.7 Å². The molecule has 2 heterocycles. The summed E-state index contributed by atoms with van der Waals surface area (Å²) in [6, 6.07) is -0.271. The molecule has 20 heavy (non-hydrogen) atoms. The van der Waals surface area contributed by atoms with E-state index in [0.717, 1.165) is 24.6 Å². The monoisotopic (exact) mass is 275 g/mol. The molecule has 1 unspecified atom stereocenters. The molecule has 0 saturated carbocycles. The Bertz CT molecular complexity index is 572. The van der Waals surface area contributed by atoms with Gasteiger partial charge in [-0.3, -0.25) is 4.79 Å². The Morgan fingerprint density at radius 2 is 2.10 bits per heavy atom. The molecule has 1 atom stereocenters. The molecule has 1 amide bonds. The van der Waals surface area contributed by atoms with Gasteiger partial charge in [0.2, 0.25) is 5.91 Å². The van der Waals surface area contributed by atoms with Crippen molar-refractivity contribution >= 4 is 5.91 Å². The summed E-state index contributed by atoms with van der Waals surface area (Å²) in [5.41, 5.74) is 0. The van der Waals surface area contributed by atoms with Gasteiger partial charge in [-0.05, 0) is 20.3 Å². The molecular weight excluding hydrogens is 254 g/mol. The van der Waals surface area contributed by atoms with Crippen LogP contribution in [0.3, 0.4) is 0 Å². The predicted molar refractivity (Wildman–Crippen MR) is 76.0 cm³/mol. The summed E-state index contributed by atoms with van der Waals surface area (Å²) in [7, 11) is 0. The van der Waals surface area contributed by atoms with Crippen LogP contribution in [-0.4, -0.2) is 25.0 Å². The van der Waals surface area contributed by atoms with E-state index in [0.29, 0.717) is 6.54 Å². The van der Waals surface area contributed by atoms with Crippen molar-refractivity contribution in [2.75, 3.05) is 0 Å². The predicted octanol–water partition coefficient (Wildman–Crippen LogP) is 1.68. The molecule has 2 rings (SSSR count). The fraction of sp³-hybridized carbons (Fsp3) is 0.500. The first-order chi connectivity index (χ1) is 9.63. The second-order valence-corrected chi connectivity index (χ2v) is 4.81. The minimum absolute atomic E-state index is 0.0304. The lowest BCUT2D eigenvalue weighted by atomic mass is 10.3. The first-order valence-corrected chi connectivity index (χ1v) is 6.90. The van der Waals surface area contributed by atoms with E-state index in [4.69, 9.17) is 0 Å². The third-order valence-corrected chi connectivity index (χ3v) is 3.35. The van der Waals surface area contributed by atoms with Crippen molar-refractivity contribution in [3.8, 4) is 0 Å². The van der Waals surface area contributed by atoms with Gasteiger partial charge in [0.25, 0.3) is 0 Å². The fourth-order valence-corrected chi connectivity index (χ4v) is 2.19. The minimum Gasteiger partial charge on any atom is -0.347 e. The van der Waals surface area contributed by atoms with E-state index in [9.17, 15) is 4.79 Å². The minimum atomic E-state index is -0.271. The maximum absolute atomic E-state index is 12.2. The molecule has 0 aromatic carbocycles. The third-order valence-electron chi connectivity index (χ3n) is 3.35. The maximum Gasteiger partial charge on any atom is 0.243 e. The van der Waals surface area contributed by atoms with Gasteiger partial charge < -0.3 is 14.5 Å². The van der Waals surface area contributed by atoms with Crippen LogP contribution in [0.2, 0.25) is 0 Å². The molecular formula is C14H21N5O. The quantitative estimate of drug-likeness (QED) is 0.872. The number of rotatable bonds is 6. The van der Waals surface area contributed by atoms with Crippen molar-refractivity contribution in [3.63, 3.8) is 0 Å². The standard InChI is InChI=1S/C14H21N5O/c1-4-7-18-8-5-16-13(18)10-17-14(20)11(2)19-9-6-15-12(19)3/h5-6,8-9,11H,4,7,10H2,1-3H3,(H,17,20). The summed E-state index contributed by atoms with van der Waals surface area (Å²) < 4.78 is 3.92. The van der Waals surface area contributed by atoms with Crippen molar-refractivity contribution in [2.45, 2.75) is 46.3 Å². The molecule has 0 saturated heterocycles. The zero-order chi connectivity index (χ0) is 14.5. The van der Waals surface area contributed by atoms with Gasteiger partial charge in [0, 0.05) is 31.3 Å². The summed E-state index contributed by atoms with van der Waals surface area (Å²) in [4.78, 5) is 20.6. The summed E-state index contributed by atoms with van der Waals surface area (Å²) in [6.45, 7) is 7.23. The van der Waals surface area contributed by atoms with Crippen molar-refractivity contribution in [2.24, 2.45) is 0 Å². The van der Waals surface area contributed by atoms with E-state index in [1.54, 1.807) is 12.4 Å². The van der Waals surface area contributed by atoms with Crippen LogP contribution in [0, 0.1) is 6.92 Å². The Kier molecular flexibility index (Phi) is 4.55. The second kappa shape index (κ2) is 6.36. The molecule has 0 bridgehead atoms. The number of carbonyl (C=O) groups is 1. The molecule has 0 fully saturated rings. The molecule has 1 N–H and O–H groups in total. The van der Waals surface area contributed by atoms with E-state index in [-0.39, 0.29) is 11.9 Å². The van der Waals surface area contributed by atoms with Gasteiger partial charge >= 0.3 is 0 Å². The Balaban J connectivity index is 1.95. The molecule has 0 aliphatic heterocycles. The third kappa shape index (κ3) is 3.07. The Labute approximate surface area is 118 Å². The topological polar surface area (TPSA) is 64.7 Å². The molecule has 0 spiro atoms.